The quantitative estimate of drug-likeness (QED) is 0.777. The molecule has 0 aliphatic rings. The molecule has 1 aromatic carbocycles. The van der Waals surface area contributed by atoms with Gasteiger partial charge < -0.3 is 16.0 Å². The molecular formula is C10H12N4O3S. The molecule has 0 spiro atoms. The minimum absolute atomic E-state index is 0.0555. The third-order valence-electron chi connectivity index (χ3n) is 2.48. The van der Waals surface area contributed by atoms with Crippen molar-refractivity contribution in [3.63, 3.8) is 0 Å². The second-order valence-electron chi connectivity index (χ2n) is 3.92. The summed E-state index contributed by atoms with van der Waals surface area (Å²) in [6.07, 6.45) is 1.09. The molecule has 7 nitrogen and oxygen atoms in total. The van der Waals surface area contributed by atoms with E-state index in [1.165, 1.54) is 10.6 Å². The number of carbonyl (C=O) groups is 1. The third kappa shape index (κ3) is 2.02. The van der Waals surface area contributed by atoms with Gasteiger partial charge in [-0.1, -0.05) is 6.07 Å². The van der Waals surface area contributed by atoms with E-state index in [9.17, 15) is 13.2 Å². The van der Waals surface area contributed by atoms with Crippen LogP contribution in [-0.4, -0.2) is 30.1 Å². The van der Waals surface area contributed by atoms with Crippen LogP contribution in [0.2, 0.25) is 0 Å². The van der Waals surface area contributed by atoms with E-state index in [1.54, 1.807) is 12.1 Å². The van der Waals surface area contributed by atoms with Crippen LogP contribution in [0.3, 0.4) is 0 Å². The molecule has 1 heterocycles. The molecule has 2 aromatic rings. The van der Waals surface area contributed by atoms with Crippen LogP contribution >= 0.6 is 0 Å². The van der Waals surface area contributed by atoms with Crippen LogP contribution in [0.4, 0.5) is 5.95 Å². The molecule has 0 aliphatic carbocycles. The van der Waals surface area contributed by atoms with Gasteiger partial charge in [-0.2, -0.15) is 0 Å². The standard InChI is InChI=1S/C10H12N4O3S/c1-18(16,17)7-4-2-3-6-9(7)13-10(12)14(6)5-8(11)15/h2-4H,5H2,1H3,(H2,11,15)(H2,12,13). The van der Waals surface area contributed by atoms with Crippen molar-refractivity contribution < 1.29 is 13.2 Å². The molecule has 0 fully saturated rings. The van der Waals surface area contributed by atoms with Crippen LogP contribution in [0.15, 0.2) is 23.1 Å². The Labute approximate surface area is 103 Å². The average molecular weight is 268 g/mol. The fraction of sp³-hybridized carbons (Fsp3) is 0.200. The van der Waals surface area contributed by atoms with Crippen molar-refractivity contribution in [3.8, 4) is 0 Å². The number of fused-ring (bicyclic) bond motifs is 1. The molecule has 8 heteroatoms. The van der Waals surface area contributed by atoms with Crippen molar-refractivity contribution in [1.82, 2.24) is 9.55 Å². The van der Waals surface area contributed by atoms with E-state index in [0.29, 0.717) is 5.52 Å². The first kappa shape index (κ1) is 12.4. The molecular weight excluding hydrogens is 256 g/mol. The Morgan fingerprint density at radius 2 is 2.11 bits per heavy atom. The molecule has 0 atom stereocenters. The highest BCUT2D eigenvalue weighted by Crippen LogP contribution is 2.24. The summed E-state index contributed by atoms with van der Waals surface area (Å²) in [7, 11) is -3.41. The predicted octanol–water partition coefficient (Wildman–Crippen LogP) is -0.493. The first-order valence-corrected chi connectivity index (χ1v) is 6.93. The largest absolute Gasteiger partial charge is 0.369 e. The summed E-state index contributed by atoms with van der Waals surface area (Å²) in [4.78, 5) is 15.0. The van der Waals surface area contributed by atoms with Crippen molar-refractivity contribution in [2.45, 2.75) is 11.4 Å². The second kappa shape index (κ2) is 3.98. The Bertz CT molecular complexity index is 733. The number of rotatable bonds is 3. The zero-order valence-corrected chi connectivity index (χ0v) is 10.4. The molecule has 0 aliphatic heterocycles. The van der Waals surface area contributed by atoms with Crippen LogP contribution in [0, 0.1) is 0 Å². The smallest absolute Gasteiger partial charge is 0.237 e. The number of imidazole rings is 1. The van der Waals surface area contributed by atoms with E-state index in [-0.39, 0.29) is 22.9 Å². The van der Waals surface area contributed by atoms with Gasteiger partial charge >= 0.3 is 0 Å². The van der Waals surface area contributed by atoms with Crippen LogP contribution in [-0.2, 0) is 21.2 Å². The molecule has 0 saturated heterocycles. The monoisotopic (exact) mass is 268 g/mol. The molecule has 0 saturated carbocycles. The summed E-state index contributed by atoms with van der Waals surface area (Å²) < 4.78 is 24.6. The van der Waals surface area contributed by atoms with Crippen molar-refractivity contribution in [2.75, 3.05) is 12.0 Å². The van der Waals surface area contributed by atoms with Gasteiger partial charge in [-0.3, -0.25) is 4.79 Å². The van der Waals surface area contributed by atoms with Crippen LogP contribution in [0.25, 0.3) is 11.0 Å². The molecule has 18 heavy (non-hydrogen) atoms. The number of anilines is 1. The number of benzene rings is 1. The first-order chi connectivity index (χ1) is 8.30. The number of nitrogen functional groups attached to an aromatic ring is 1. The number of amides is 1. The number of hydrogen-bond acceptors (Lipinski definition) is 5. The molecule has 2 rings (SSSR count). The predicted molar refractivity (Wildman–Crippen MR) is 66.4 cm³/mol. The van der Waals surface area contributed by atoms with E-state index < -0.39 is 15.7 Å². The lowest BCUT2D eigenvalue weighted by Gasteiger charge is -2.03. The zero-order chi connectivity index (χ0) is 13.5. The van der Waals surface area contributed by atoms with Gasteiger partial charge in [-0.25, -0.2) is 13.4 Å². The van der Waals surface area contributed by atoms with Gasteiger partial charge in [0.1, 0.15) is 12.1 Å². The summed E-state index contributed by atoms with van der Waals surface area (Å²) >= 11 is 0. The van der Waals surface area contributed by atoms with Crippen molar-refractivity contribution >= 4 is 32.7 Å². The topological polar surface area (TPSA) is 121 Å². The van der Waals surface area contributed by atoms with Crippen LogP contribution in [0.5, 0.6) is 0 Å². The van der Waals surface area contributed by atoms with E-state index in [0.717, 1.165) is 6.26 Å². The molecule has 0 unspecified atom stereocenters. The number of hydrogen-bond donors (Lipinski definition) is 2. The lowest BCUT2D eigenvalue weighted by molar-refractivity contribution is -0.118. The minimum atomic E-state index is -3.41. The van der Waals surface area contributed by atoms with Gasteiger partial charge in [0.2, 0.25) is 11.9 Å². The van der Waals surface area contributed by atoms with E-state index in [1.807, 2.05) is 0 Å². The summed E-state index contributed by atoms with van der Waals surface area (Å²) in [5.74, 6) is -0.523. The Hall–Kier alpha value is -2.09. The molecule has 96 valence electrons. The van der Waals surface area contributed by atoms with Crippen LogP contribution in [0.1, 0.15) is 0 Å². The Kier molecular flexibility index (Phi) is 2.74. The maximum atomic E-state index is 11.6. The average Bonchev–Trinajstić information content (AvgIpc) is 2.53. The number of nitrogens with two attached hydrogens (primary N) is 2. The van der Waals surface area contributed by atoms with E-state index in [4.69, 9.17) is 11.5 Å². The highest BCUT2D eigenvalue weighted by molar-refractivity contribution is 7.91. The highest BCUT2D eigenvalue weighted by atomic mass is 32.2. The Morgan fingerprint density at radius 1 is 1.44 bits per heavy atom. The maximum Gasteiger partial charge on any atom is 0.237 e. The third-order valence-corrected chi connectivity index (χ3v) is 3.61. The van der Waals surface area contributed by atoms with Gasteiger partial charge in [0.25, 0.3) is 0 Å². The van der Waals surface area contributed by atoms with Gasteiger partial charge in [0, 0.05) is 6.26 Å². The normalized spacial score (nSPS) is 11.8. The molecule has 1 aromatic heterocycles. The zero-order valence-electron chi connectivity index (χ0n) is 9.62. The summed E-state index contributed by atoms with van der Waals surface area (Å²) in [6.45, 7) is -0.143. The van der Waals surface area contributed by atoms with Gasteiger partial charge in [0.15, 0.2) is 9.84 Å². The summed E-state index contributed by atoms with van der Waals surface area (Å²) in [5, 5.41) is 0. The number of sulfone groups is 1. The van der Waals surface area contributed by atoms with Gasteiger partial charge in [0.05, 0.1) is 10.4 Å². The van der Waals surface area contributed by atoms with E-state index >= 15 is 0 Å². The lowest BCUT2D eigenvalue weighted by atomic mass is 10.3. The fourth-order valence-corrected chi connectivity index (χ4v) is 2.59. The molecule has 0 radical (unpaired) electrons. The molecule has 4 N–H and O–H groups in total. The number of aromatic nitrogens is 2. The summed E-state index contributed by atoms with van der Waals surface area (Å²) in [5.41, 5.74) is 11.5. The Morgan fingerprint density at radius 3 is 2.67 bits per heavy atom. The van der Waals surface area contributed by atoms with Crippen LogP contribution < -0.4 is 11.5 Å². The highest BCUT2D eigenvalue weighted by Gasteiger charge is 2.18. The maximum absolute atomic E-state index is 11.6. The number of primary amides is 1. The van der Waals surface area contributed by atoms with Crippen molar-refractivity contribution in [2.24, 2.45) is 5.73 Å². The second-order valence-corrected chi connectivity index (χ2v) is 5.90. The van der Waals surface area contributed by atoms with Crippen molar-refractivity contribution in [3.05, 3.63) is 18.2 Å². The minimum Gasteiger partial charge on any atom is -0.369 e. The SMILES string of the molecule is CS(=O)(=O)c1cccc2c1nc(N)n2CC(N)=O. The number of nitrogens with zero attached hydrogens (tertiary/aromatic N) is 2. The molecule has 1 amide bonds. The van der Waals surface area contributed by atoms with E-state index in [2.05, 4.69) is 4.98 Å². The van der Waals surface area contributed by atoms with Crippen molar-refractivity contribution in [1.29, 1.82) is 0 Å². The van der Waals surface area contributed by atoms with Gasteiger partial charge in [-0.05, 0) is 12.1 Å². The van der Waals surface area contributed by atoms with Gasteiger partial charge in [-0.15, -0.1) is 0 Å². The summed E-state index contributed by atoms with van der Waals surface area (Å²) in [6, 6.07) is 4.65. The first-order valence-electron chi connectivity index (χ1n) is 5.04. The number of para-hydroxylation sites is 1. The lowest BCUT2D eigenvalue weighted by Crippen LogP contribution is -2.19. The Balaban J connectivity index is 2.79. The number of carbonyl (C=O) groups excluding carboxylic acids is 1. The fourth-order valence-electron chi connectivity index (χ4n) is 1.76. The molecule has 0 bridgehead atoms.